The molecule has 2 aromatic carbocycles. The maximum absolute atomic E-state index is 13.2. The van der Waals surface area contributed by atoms with E-state index in [4.69, 9.17) is 21.2 Å². The summed E-state index contributed by atoms with van der Waals surface area (Å²) in [4.78, 5) is 13.2. The number of amides is 1. The third-order valence-electron chi connectivity index (χ3n) is 5.32. The van der Waals surface area contributed by atoms with E-state index in [0.29, 0.717) is 34.1 Å². The van der Waals surface area contributed by atoms with Gasteiger partial charge in [0.05, 0.1) is 19.9 Å². The standard InChI is InChI=1S/C23H30N8O3/c1-13-20(29-30-31(13)18-12-17(33-5)7-8-19(18)34-6)22(32)26-16-10-14(21(27-24)28-25)9-15(11-16)23(2,3)4/h7-12H,24-25H2,1-6H3,(H,26,32)(H,27,28). The lowest BCUT2D eigenvalue weighted by Crippen LogP contribution is -2.32. The van der Waals surface area contributed by atoms with Gasteiger partial charge in [0.15, 0.2) is 11.5 Å². The number of anilines is 1. The second kappa shape index (κ2) is 9.79. The van der Waals surface area contributed by atoms with Gasteiger partial charge in [-0.1, -0.05) is 26.0 Å². The zero-order valence-electron chi connectivity index (χ0n) is 20.1. The third-order valence-corrected chi connectivity index (χ3v) is 5.32. The van der Waals surface area contributed by atoms with Gasteiger partial charge in [-0.05, 0) is 48.2 Å². The smallest absolute Gasteiger partial charge is 0.278 e. The SMILES string of the molecule is COc1ccc(OC)c(-n2nnc(C(=O)Nc3cc(/C(=N/N)NN)cc(C(C)(C)C)c3)c2C)c1. The second-order valence-electron chi connectivity index (χ2n) is 8.60. The van der Waals surface area contributed by atoms with Crippen molar-refractivity contribution < 1.29 is 14.3 Å². The van der Waals surface area contributed by atoms with Crippen molar-refractivity contribution in [1.82, 2.24) is 20.4 Å². The molecule has 3 aromatic rings. The monoisotopic (exact) mass is 466 g/mol. The van der Waals surface area contributed by atoms with Crippen molar-refractivity contribution in [3.8, 4) is 17.2 Å². The normalized spacial score (nSPS) is 11.8. The summed E-state index contributed by atoms with van der Waals surface area (Å²) in [5.41, 5.74) is 5.69. The molecule has 180 valence electrons. The molecule has 0 unspecified atom stereocenters. The molecule has 34 heavy (non-hydrogen) atoms. The van der Waals surface area contributed by atoms with Crippen molar-refractivity contribution in [2.45, 2.75) is 33.1 Å². The predicted octanol–water partition coefficient (Wildman–Crippen LogP) is 2.23. The van der Waals surface area contributed by atoms with E-state index in [0.717, 1.165) is 5.56 Å². The van der Waals surface area contributed by atoms with Crippen molar-refractivity contribution in [2.75, 3.05) is 19.5 Å². The van der Waals surface area contributed by atoms with Crippen molar-refractivity contribution in [3.05, 3.63) is 58.9 Å². The van der Waals surface area contributed by atoms with E-state index < -0.39 is 5.91 Å². The van der Waals surface area contributed by atoms with E-state index in [1.807, 2.05) is 12.1 Å². The number of hydrogen-bond donors (Lipinski definition) is 4. The maximum Gasteiger partial charge on any atom is 0.278 e. The molecule has 0 aliphatic heterocycles. The third kappa shape index (κ3) is 4.94. The van der Waals surface area contributed by atoms with Crippen LogP contribution in [0.4, 0.5) is 5.69 Å². The lowest BCUT2D eigenvalue weighted by molar-refractivity contribution is 0.102. The van der Waals surface area contributed by atoms with Crippen LogP contribution in [0.1, 0.15) is 48.1 Å². The molecular formula is C23H30N8O3. The van der Waals surface area contributed by atoms with Gasteiger partial charge in [0.1, 0.15) is 17.2 Å². The van der Waals surface area contributed by atoms with Crippen LogP contribution in [0.3, 0.4) is 0 Å². The number of nitrogens with zero attached hydrogens (tertiary/aromatic N) is 4. The number of nitrogens with one attached hydrogen (secondary N) is 2. The highest BCUT2D eigenvalue weighted by Crippen LogP contribution is 2.29. The van der Waals surface area contributed by atoms with Crippen LogP contribution in [0.2, 0.25) is 0 Å². The van der Waals surface area contributed by atoms with Crippen LogP contribution < -0.4 is 31.9 Å². The van der Waals surface area contributed by atoms with Gasteiger partial charge < -0.3 is 26.1 Å². The number of nitrogens with two attached hydrogens (primary N) is 2. The predicted molar refractivity (Wildman–Crippen MR) is 130 cm³/mol. The van der Waals surface area contributed by atoms with Gasteiger partial charge in [-0.2, -0.15) is 5.10 Å². The average Bonchev–Trinajstić information content (AvgIpc) is 3.20. The van der Waals surface area contributed by atoms with Crippen LogP contribution in [0.25, 0.3) is 5.69 Å². The summed E-state index contributed by atoms with van der Waals surface area (Å²) >= 11 is 0. The number of hydrogen-bond acceptors (Lipinski definition) is 8. The van der Waals surface area contributed by atoms with E-state index in [1.54, 1.807) is 45.4 Å². The van der Waals surface area contributed by atoms with E-state index in [9.17, 15) is 4.79 Å². The molecule has 0 aliphatic rings. The molecule has 11 heteroatoms. The number of amidine groups is 1. The Bertz CT molecular complexity index is 1230. The van der Waals surface area contributed by atoms with Crippen LogP contribution in [-0.4, -0.2) is 41.0 Å². The molecule has 1 amide bonds. The molecule has 6 N–H and O–H groups in total. The van der Waals surface area contributed by atoms with Crippen LogP contribution in [0, 0.1) is 6.92 Å². The van der Waals surface area contributed by atoms with E-state index in [1.165, 1.54) is 4.68 Å². The first-order chi connectivity index (χ1) is 16.1. The maximum atomic E-state index is 13.2. The highest BCUT2D eigenvalue weighted by Gasteiger charge is 2.22. The molecule has 11 nitrogen and oxygen atoms in total. The molecular weight excluding hydrogens is 436 g/mol. The molecule has 0 spiro atoms. The first kappa shape index (κ1) is 24.5. The molecule has 0 saturated carbocycles. The lowest BCUT2D eigenvalue weighted by Gasteiger charge is -2.21. The molecule has 0 atom stereocenters. The number of ether oxygens (including phenoxy) is 2. The van der Waals surface area contributed by atoms with Crippen LogP contribution in [-0.2, 0) is 5.41 Å². The summed E-state index contributed by atoms with van der Waals surface area (Å²) in [6.45, 7) is 7.93. The number of carbonyl (C=O) groups excluding carboxylic acids is 1. The van der Waals surface area contributed by atoms with Gasteiger partial charge in [-0.15, -0.1) is 5.10 Å². The summed E-state index contributed by atoms with van der Waals surface area (Å²) < 4.78 is 12.3. The van der Waals surface area contributed by atoms with Crippen LogP contribution in [0.5, 0.6) is 11.5 Å². The molecule has 1 heterocycles. The fraction of sp³-hybridized carbons (Fsp3) is 0.304. The molecule has 0 fully saturated rings. The molecule has 3 rings (SSSR count). The Kier molecular flexibility index (Phi) is 7.06. The van der Waals surface area contributed by atoms with Crippen molar-refractivity contribution in [1.29, 1.82) is 0 Å². The number of hydrazone groups is 1. The van der Waals surface area contributed by atoms with E-state index in [2.05, 4.69) is 46.9 Å². The van der Waals surface area contributed by atoms with E-state index >= 15 is 0 Å². The van der Waals surface area contributed by atoms with Crippen molar-refractivity contribution >= 4 is 17.4 Å². The van der Waals surface area contributed by atoms with Gasteiger partial charge in [-0.3, -0.25) is 4.79 Å². The van der Waals surface area contributed by atoms with Gasteiger partial charge >= 0.3 is 0 Å². The van der Waals surface area contributed by atoms with Crippen molar-refractivity contribution in [2.24, 2.45) is 16.8 Å². The number of hydrazine groups is 1. The Morgan fingerprint density at radius 3 is 2.44 bits per heavy atom. The van der Waals surface area contributed by atoms with Gasteiger partial charge in [-0.25, -0.2) is 10.5 Å². The summed E-state index contributed by atoms with van der Waals surface area (Å²) in [5, 5.41) is 14.9. The topological polar surface area (TPSA) is 155 Å². The minimum Gasteiger partial charge on any atom is -0.497 e. The van der Waals surface area contributed by atoms with Gasteiger partial charge in [0, 0.05) is 17.3 Å². The fourth-order valence-corrected chi connectivity index (χ4v) is 3.38. The Morgan fingerprint density at radius 1 is 1.12 bits per heavy atom. The summed E-state index contributed by atoms with van der Waals surface area (Å²) in [7, 11) is 3.12. The van der Waals surface area contributed by atoms with Gasteiger partial charge in [0.25, 0.3) is 5.91 Å². The first-order valence-corrected chi connectivity index (χ1v) is 10.5. The summed E-state index contributed by atoms with van der Waals surface area (Å²) in [6, 6.07) is 10.8. The molecule has 0 saturated heterocycles. The van der Waals surface area contributed by atoms with Gasteiger partial charge in [0.2, 0.25) is 0 Å². The largest absolute Gasteiger partial charge is 0.497 e. The number of aromatic nitrogens is 3. The minimum atomic E-state index is -0.422. The number of carbonyl (C=O) groups is 1. The number of rotatable bonds is 6. The Labute approximate surface area is 198 Å². The Hall–Kier alpha value is -4.12. The quantitative estimate of drug-likeness (QED) is 0.187. The number of benzene rings is 2. The summed E-state index contributed by atoms with van der Waals surface area (Å²) in [5.74, 6) is 12.1. The van der Waals surface area contributed by atoms with E-state index in [-0.39, 0.29) is 16.9 Å². The Balaban J connectivity index is 1.99. The number of methoxy groups -OCH3 is 2. The second-order valence-corrected chi connectivity index (χ2v) is 8.60. The molecule has 0 bridgehead atoms. The summed E-state index contributed by atoms with van der Waals surface area (Å²) in [6.07, 6.45) is 0. The molecule has 0 radical (unpaired) electrons. The first-order valence-electron chi connectivity index (χ1n) is 10.5. The lowest BCUT2D eigenvalue weighted by atomic mass is 9.85. The average molecular weight is 467 g/mol. The fourth-order valence-electron chi connectivity index (χ4n) is 3.38. The van der Waals surface area contributed by atoms with Crippen molar-refractivity contribution in [3.63, 3.8) is 0 Å². The highest BCUT2D eigenvalue weighted by atomic mass is 16.5. The highest BCUT2D eigenvalue weighted by molar-refractivity contribution is 6.05. The molecule has 0 aliphatic carbocycles. The van der Waals surface area contributed by atoms with Crippen LogP contribution in [0.15, 0.2) is 41.5 Å². The molecule has 1 aromatic heterocycles. The minimum absolute atomic E-state index is 0.164. The zero-order chi connectivity index (χ0) is 25.0. The zero-order valence-corrected chi connectivity index (χ0v) is 20.1. The Morgan fingerprint density at radius 2 is 1.85 bits per heavy atom. The van der Waals surface area contributed by atoms with Crippen LogP contribution >= 0.6 is 0 Å².